The molecule has 0 bridgehead atoms. The number of aliphatic hydroxyl groups excluding tert-OH is 1. The number of rotatable bonds is 10. The molecule has 2 aliphatic rings. The first-order valence-electron chi connectivity index (χ1n) is 10.5. The van der Waals surface area contributed by atoms with Crippen molar-refractivity contribution in [2.75, 3.05) is 33.8 Å². The van der Waals surface area contributed by atoms with E-state index in [1.807, 2.05) is 6.92 Å². The summed E-state index contributed by atoms with van der Waals surface area (Å²) < 4.78 is 17.6. The fraction of sp³-hybridized carbons (Fsp3) is 0.895. The van der Waals surface area contributed by atoms with Gasteiger partial charge in [-0.25, -0.2) is 0 Å². The van der Waals surface area contributed by atoms with Crippen molar-refractivity contribution in [1.29, 1.82) is 0 Å². The number of hydrogen-bond acceptors (Lipinski definition) is 9. The number of carbonyl (C=O) groups excluding carboxylic acids is 2. The third kappa shape index (κ3) is 6.10. The van der Waals surface area contributed by atoms with Gasteiger partial charge in [0.15, 0.2) is 6.29 Å². The summed E-state index contributed by atoms with van der Waals surface area (Å²) in [7, 11) is 3.06. The molecule has 11 nitrogen and oxygen atoms in total. The molecule has 0 radical (unpaired) electrons. The topological polar surface area (TPSA) is 161 Å². The molecular formula is C19H37N5O6. The predicted octanol–water partition coefficient (Wildman–Crippen LogP) is -2.51. The quantitative estimate of drug-likeness (QED) is 0.235. The molecule has 8 atom stereocenters. The van der Waals surface area contributed by atoms with Gasteiger partial charge in [0.2, 0.25) is 12.3 Å². The Balaban J connectivity index is 2.10. The number of ether oxygens (including phenoxy) is 3. The fourth-order valence-corrected chi connectivity index (χ4v) is 4.14. The van der Waals surface area contributed by atoms with E-state index in [9.17, 15) is 14.7 Å². The summed E-state index contributed by atoms with van der Waals surface area (Å²) in [6, 6.07) is -1.56. The van der Waals surface area contributed by atoms with E-state index in [0.29, 0.717) is 19.4 Å². The SMILES string of the molecule is CCNCC1CCC(N)C(OC2C(N)CC(OC)C(N(C)C(=O)CNC=O)C2O)O1. The number of nitrogens with two attached hydrogens (primary N) is 2. The van der Waals surface area contributed by atoms with Crippen LogP contribution in [0.5, 0.6) is 0 Å². The normalized spacial score (nSPS) is 36.9. The molecule has 0 aromatic carbocycles. The van der Waals surface area contributed by atoms with Gasteiger partial charge in [-0.2, -0.15) is 0 Å². The largest absolute Gasteiger partial charge is 0.388 e. The molecule has 174 valence electrons. The highest BCUT2D eigenvalue weighted by molar-refractivity contribution is 5.80. The van der Waals surface area contributed by atoms with E-state index >= 15 is 0 Å². The monoisotopic (exact) mass is 431 g/mol. The Morgan fingerprint density at radius 2 is 2.07 bits per heavy atom. The number of amides is 2. The van der Waals surface area contributed by atoms with Crippen LogP contribution in [0, 0.1) is 0 Å². The Morgan fingerprint density at radius 1 is 1.33 bits per heavy atom. The maximum atomic E-state index is 12.4. The first-order valence-corrected chi connectivity index (χ1v) is 10.5. The third-order valence-electron chi connectivity index (χ3n) is 5.89. The first-order chi connectivity index (χ1) is 14.3. The Kier molecular flexibility index (Phi) is 9.88. The molecule has 8 unspecified atom stereocenters. The molecule has 11 heteroatoms. The van der Waals surface area contributed by atoms with Crippen molar-refractivity contribution in [3.63, 3.8) is 0 Å². The van der Waals surface area contributed by atoms with Crippen molar-refractivity contribution in [3.05, 3.63) is 0 Å². The van der Waals surface area contributed by atoms with Crippen LogP contribution in [-0.4, -0.2) is 105 Å². The Hall–Kier alpha value is -1.34. The molecule has 0 aromatic heterocycles. The lowest BCUT2D eigenvalue weighted by molar-refractivity contribution is -0.254. The summed E-state index contributed by atoms with van der Waals surface area (Å²) in [5.74, 6) is -0.362. The lowest BCUT2D eigenvalue weighted by Crippen LogP contribution is -2.67. The summed E-state index contributed by atoms with van der Waals surface area (Å²) in [6.45, 7) is 3.37. The smallest absolute Gasteiger partial charge is 0.242 e. The van der Waals surface area contributed by atoms with Gasteiger partial charge >= 0.3 is 0 Å². The van der Waals surface area contributed by atoms with Crippen molar-refractivity contribution >= 4 is 12.3 Å². The Morgan fingerprint density at radius 3 is 2.70 bits per heavy atom. The number of aliphatic hydroxyl groups is 1. The van der Waals surface area contributed by atoms with Crippen LogP contribution in [0.25, 0.3) is 0 Å². The number of nitrogens with one attached hydrogen (secondary N) is 2. The van der Waals surface area contributed by atoms with Gasteiger partial charge in [-0.05, 0) is 25.8 Å². The van der Waals surface area contributed by atoms with E-state index in [2.05, 4.69) is 10.6 Å². The highest BCUT2D eigenvalue weighted by Crippen LogP contribution is 2.30. The number of carbonyl (C=O) groups is 2. The molecule has 1 aliphatic heterocycles. The standard InChI is InChI=1S/C19H37N5O6/c1-4-22-8-11-5-6-12(20)19(29-11)30-18-13(21)7-14(28-3)16(17(18)27)24(2)15(26)9-23-10-25/h10-14,16-19,22,27H,4-9,20-21H2,1-3H3,(H,23,25). The van der Waals surface area contributed by atoms with Gasteiger partial charge in [0, 0.05) is 26.7 Å². The third-order valence-corrected chi connectivity index (χ3v) is 5.89. The maximum absolute atomic E-state index is 12.4. The van der Waals surface area contributed by atoms with Gasteiger partial charge in [-0.15, -0.1) is 0 Å². The number of methoxy groups -OCH3 is 1. The first kappa shape index (κ1) is 24.9. The maximum Gasteiger partial charge on any atom is 0.242 e. The van der Waals surface area contributed by atoms with Crippen molar-refractivity contribution in [2.45, 2.75) is 75.0 Å². The van der Waals surface area contributed by atoms with Crippen molar-refractivity contribution in [2.24, 2.45) is 11.5 Å². The van der Waals surface area contributed by atoms with E-state index < -0.39 is 36.7 Å². The van der Waals surface area contributed by atoms with Gasteiger partial charge in [0.1, 0.15) is 12.2 Å². The lowest BCUT2D eigenvalue weighted by Gasteiger charge is -2.48. The average molecular weight is 432 g/mol. The molecule has 2 amide bonds. The van der Waals surface area contributed by atoms with Crippen LogP contribution in [0.3, 0.4) is 0 Å². The van der Waals surface area contributed by atoms with Gasteiger partial charge in [0.05, 0.1) is 30.8 Å². The molecule has 0 spiro atoms. The molecule has 30 heavy (non-hydrogen) atoms. The van der Waals surface area contributed by atoms with Crippen LogP contribution in [0.4, 0.5) is 0 Å². The molecular weight excluding hydrogens is 394 g/mol. The number of nitrogens with zero attached hydrogens (tertiary/aromatic N) is 1. The highest BCUT2D eigenvalue weighted by Gasteiger charge is 2.48. The van der Waals surface area contributed by atoms with Gasteiger partial charge < -0.3 is 46.3 Å². The summed E-state index contributed by atoms with van der Waals surface area (Å²) >= 11 is 0. The van der Waals surface area contributed by atoms with E-state index in [1.54, 1.807) is 7.05 Å². The minimum absolute atomic E-state index is 0.0344. The second-order valence-corrected chi connectivity index (χ2v) is 7.93. The van der Waals surface area contributed by atoms with Crippen LogP contribution in [0.15, 0.2) is 0 Å². The lowest BCUT2D eigenvalue weighted by atomic mass is 9.83. The van der Waals surface area contributed by atoms with Crippen molar-refractivity contribution in [1.82, 2.24) is 15.5 Å². The Bertz CT molecular complexity index is 554. The zero-order valence-corrected chi connectivity index (χ0v) is 18.0. The molecule has 1 saturated heterocycles. The summed E-state index contributed by atoms with van der Waals surface area (Å²) in [5.41, 5.74) is 12.5. The molecule has 1 saturated carbocycles. The van der Waals surface area contributed by atoms with Crippen LogP contribution in [0.2, 0.25) is 0 Å². The summed E-state index contributed by atoms with van der Waals surface area (Å²) in [6.07, 6.45) is -0.741. The molecule has 0 aromatic rings. The Labute approximate surface area is 177 Å². The molecule has 7 N–H and O–H groups in total. The summed E-state index contributed by atoms with van der Waals surface area (Å²) in [4.78, 5) is 24.3. The molecule has 2 fully saturated rings. The van der Waals surface area contributed by atoms with Crippen LogP contribution in [-0.2, 0) is 23.8 Å². The molecule has 2 rings (SSSR count). The van der Waals surface area contributed by atoms with Crippen LogP contribution < -0.4 is 22.1 Å². The van der Waals surface area contributed by atoms with E-state index in [4.69, 9.17) is 25.7 Å². The van der Waals surface area contributed by atoms with E-state index in [0.717, 1.165) is 19.4 Å². The number of likely N-dealkylation sites (N-methyl/N-ethyl adjacent to an activating group) is 2. The summed E-state index contributed by atoms with van der Waals surface area (Å²) in [5, 5.41) is 16.7. The number of hydrogen-bond donors (Lipinski definition) is 5. The van der Waals surface area contributed by atoms with Crippen LogP contribution in [0.1, 0.15) is 26.2 Å². The fourth-order valence-electron chi connectivity index (χ4n) is 4.14. The van der Waals surface area contributed by atoms with Crippen molar-refractivity contribution < 1.29 is 28.9 Å². The second-order valence-electron chi connectivity index (χ2n) is 7.93. The second kappa shape index (κ2) is 11.9. The van der Waals surface area contributed by atoms with Crippen LogP contribution >= 0.6 is 0 Å². The average Bonchev–Trinajstić information content (AvgIpc) is 2.74. The van der Waals surface area contributed by atoms with Gasteiger partial charge in [-0.3, -0.25) is 9.59 Å². The van der Waals surface area contributed by atoms with E-state index in [-0.39, 0.29) is 24.6 Å². The predicted molar refractivity (Wildman–Crippen MR) is 109 cm³/mol. The zero-order chi connectivity index (χ0) is 22.3. The van der Waals surface area contributed by atoms with Gasteiger partial charge in [0.25, 0.3) is 0 Å². The van der Waals surface area contributed by atoms with Crippen molar-refractivity contribution in [3.8, 4) is 0 Å². The highest BCUT2D eigenvalue weighted by atomic mass is 16.7. The van der Waals surface area contributed by atoms with E-state index in [1.165, 1.54) is 12.0 Å². The minimum Gasteiger partial charge on any atom is -0.388 e. The minimum atomic E-state index is -1.12. The van der Waals surface area contributed by atoms with Gasteiger partial charge in [-0.1, -0.05) is 6.92 Å². The zero-order valence-electron chi connectivity index (χ0n) is 18.0. The molecule has 1 aliphatic carbocycles. The molecule has 1 heterocycles.